The molecule has 0 atom stereocenters. The van der Waals surface area contributed by atoms with Crippen LogP contribution < -0.4 is 18.9 Å². The Bertz CT molecular complexity index is 437. The van der Waals surface area contributed by atoms with Gasteiger partial charge in [-0.3, -0.25) is 0 Å². The monoisotopic (exact) mass is 204 g/mol. The molecule has 0 aromatic heterocycles. The maximum Gasteiger partial charge on any atom is 1.00 e. The standard InChI is InChI=1S/C9H10O3S.Li/c1-7(2)8-5-3-4-6-9(8)13(10,11)12;/h3-6H,1H2,2H3,(H,10,11,12);/q;+1/p-1. The van der Waals surface area contributed by atoms with Gasteiger partial charge in [-0.25, -0.2) is 8.42 Å². The molecule has 0 saturated heterocycles. The van der Waals surface area contributed by atoms with Crippen molar-refractivity contribution < 1.29 is 31.8 Å². The van der Waals surface area contributed by atoms with Crippen molar-refractivity contribution in [2.75, 3.05) is 0 Å². The van der Waals surface area contributed by atoms with Gasteiger partial charge in [0.05, 0.1) is 4.90 Å². The van der Waals surface area contributed by atoms with Crippen LogP contribution in [0.5, 0.6) is 0 Å². The van der Waals surface area contributed by atoms with E-state index in [1.54, 1.807) is 19.1 Å². The van der Waals surface area contributed by atoms with Gasteiger partial charge in [0.1, 0.15) is 10.1 Å². The van der Waals surface area contributed by atoms with E-state index in [1.807, 2.05) is 0 Å². The smallest absolute Gasteiger partial charge is 0.744 e. The van der Waals surface area contributed by atoms with E-state index in [1.165, 1.54) is 12.1 Å². The minimum Gasteiger partial charge on any atom is -0.744 e. The fraction of sp³-hybridized carbons (Fsp3) is 0.111. The molecule has 14 heavy (non-hydrogen) atoms. The molecule has 0 radical (unpaired) electrons. The van der Waals surface area contributed by atoms with Crippen LogP contribution >= 0.6 is 0 Å². The van der Waals surface area contributed by atoms with Crippen molar-refractivity contribution in [2.24, 2.45) is 0 Å². The summed E-state index contributed by atoms with van der Waals surface area (Å²) in [6.45, 7) is 5.25. The van der Waals surface area contributed by atoms with Crippen LogP contribution in [0.1, 0.15) is 12.5 Å². The Morgan fingerprint density at radius 3 is 2.21 bits per heavy atom. The minimum absolute atomic E-state index is 0. The first-order valence-electron chi connectivity index (χ1n) is 3.64. The first-order chi connectivity index (χ1) is 5.93. The SMILES string of the molecule is C=C(C)c1ccccc1S(=O)(=O)[O-].[Li+]. The molecule has 0 aliphatic rings. The Morgan fingerprint density at radius 2 is 1.86 bits per heavy atom. The number of benzene rings is 1. The summed E-state index contributed by atoms with van der Waals surface area (Å²) >= 11 is 0. The largest absolute Gasteiger partial charge is 1.00 e. The molecule has 0 saturated carbocycles. The first kappa shape index (κ1) is 13.5. The van der Waals surface area contributed by atoms with Gasteiger partial charge in [0.25, 0.3) is 0 Å². The zero-order valence-electron chi connectivity index (χ0n) is 8.15. The Hall–Kier alpha value is -0.533. The second-order valence-corrected chi connectivity index (χ2v) is 4.08. The molecule has 70 valence electrons. The van der Waals surface area contributed by atoms with Gasteiger partial charge in [-0.05, 0) is 24.1 Å². The van der Waals surface area contributed by atoms with Gasteiger partial charge in [0, 0.05) is 0 Å². The van der Waals surface area contributed by atoms with Crippen molar-refractivity contribution in [3.05, 3.63) is 36.4 Å². The van der Waals surface area contributed by atoms with Crippen LogP contribution in [0.25, 0.3) is 5.57 Å². The second kappa shape index (κ2) is 4.81. The van der Waals surface area contributed by atoms with E-state index in [4.69, 9.17) is 0 Å². The molecule has 0 fully saturated rings. The number of hydrogen-bond donors (Lipinski definition) is 0. The van der Waals surface area contributed by atoms with Crippen LogP contribution in [-0.4, -0.2) is 13.0 Å². The molecule has 5 heteroatoms. The van der Waals surface area contributed by atoms with E-state index in [2.05, 4.69) is 6.58 Å². The van der Waals surface area contributed by atoms with Crippen LogP contribution in [0.2, 0.25) is 0 Å². The third-order valence-electron chi connectivity index (χ3n) is 1.62. The Balaban J connectivity index is 0.00000169. The van der Waals surface area contributed by atoms with Gasteiger partial charge in [0.2, 0.25) is 0 Å². The van der Waals surface area contributed by atoms with Crippen molar-refractivity contribution in [3.63, 3.8) is 0 Å². The molecule has 0 bridgehead atoms. The summed E-state index contributed by atoms with van der Waals surface area (Å²) in [4.78, 5) is -0.206. The average molecular weight is 204 g/mol. The van der Waals surface area contributed by atoms with E-state index >= 15 is 0 Å². The zero-order valence-corrected chi connectivity index (χ0v) is 8.97. The topological polar surface area (TPSA) is 57.2 Å². The molecule has 0 N–H and O–H groups in total. The Kier molecular flexibility index (Phi) is 4.62. The normalized spacial score (nSPS) is 10.4. The molecule has 0 aliphatic heterocycles. The molecule has 0 spiro atoms. The molecular formula is C9H9LiO3S. The van der Waals surface area contributed by atoms with E-state index in [0.29, 0.717) is 11.1 Å². The maximum atomic E-state index is 10.8. The van der Waals surface area contributed by atoms with Crippen molar-refractivity contribution >= 4 is 15.7 Å². The molecule has 1 aromatic carbocycles. The van der Waals surface area contributed by atoms with Gasteiger partial charge in [0.15, 0.2) is 0 Å². The summed E-state index contributed by atoms with van der Waals surface area (Å²) in [5, 5.41) is 0. The number of allylic oxidation sites excluding steroid dienone is 1. The molecule has 0 amide bonds. The first-order valence-corrected chi connectivity index (χ1v) is 5.04. The van der Waals surface area contributed by atoms with Crippen molar-refractivity contribution in [2.45, 2.75) is 11.8 Å². The average Bonchev–Trinajstić information content (AvgIpc) is 2.03. The van der Waals surface area contributed by atoms with Crippen LogP contribution in [0, 0.1) is 0 Å². The summed E-state index contributed by atoms with van der Waals surface area (Å²) in [7, 11) is -4.39. The molecule has 0 heterocycles. The fourth-order valence-electron chi connectivity index (χ4n) is 1.04. The van der Waals surface area contributed by atoms with Crippen LogP contribution in [0.15, 0.2) is 35.7 Å². The Labute approximate surface area is 95.8 Å². The summed E-state index contributed by atoms with van der Waals surface area (Å²) in [5.74, 6) is 0. The number of hydrogen-bond acceptors (Lipinski definition) is 3. The van der Waals surface area contributed by atoms with Gasteiger partial charge in [-0.2, -0.15) is 0 Å². The summed E-state index contributed by atoms with van der Waals surface area (Å²) in [6.07, 6.45) is 0. The molecule has 1 rings (SSSR count). The van der Waals surface area contributed by atoms with Crippen LogP contribution in [0.4, 0.5) is 0 Å². The van der Waals surface area contributed by atoms with Crippen molar-refractivity contribution in [3.8, 4) is 0 Å². The van der Waals surface area contributed by atoms with Gasteiger partial charge >= 0.3 is 18.9 Å². The molecule has 3 nitrogen and oxygen atoms in total. The quantitative estimate of drug-likeness (QED) is 0.441. The summed E-state index contributed by atoms with van der Waals surface area (Å²) in [5.41, 5.74) is 0.951. The maximum absolute atomic E-state index is 10.8. The minimum atomic E-state index is -4.39. The van der Waals surface area contributed by atoms with Crippen molar-refractivity contribution in [1.29, 1.82) is 0 Å². The van der Waals surface area contributed by atoms with Crippen molar-refractivity contribution in [1.82, 2.24) is 0 Å². The van der Waals surface area contributed by atoms with E-state index in [9.17, 15) is 13.0 Å². The third kappa shape index (κ3) is 3.00. The summed E-state index contributed by atoms with van der Waals surface area (Å²) in [6, 6.07) is 6.02. The number of rotatable bonds is 2. The third-order valence-corrected chi connectivity index (χ3v) is 2.51. The van der Waals surface area contributed by atoms with E-state index in [0.717, 1.165) is 0 Å². The molecular weight excluding hydrogens is 195 g/mol. The molecule has 1 aromatic rings. The van der Waals surface area contributed by atoms with Gasteiger partial charge in [-0.15, -0.1) is 0 Å². The molecule has 0 unspecified atom stereocenters. The van der Waals surface area contributed by atoms with Gasteiger partial charge in [-0.1, -0.05) is 24.8 Å². The van der Waals surface area contributed by atoms with E-state index < -0.39 is 10.1 Å². The van der Waals surface area contributed by atoms with E-state index in [-0.39, 0.29) is 23.8 Å². The van der Waals surface area contributed by atoms with Gasteiger partial charge < -0.3 is 4.55 Å². The predicted molar refractivity (Wildman–Crippen MR) is 49.1 cm³/mol. The molecule has 0 aliphatic carbocycles. The van der Waals surface area contributed by atoms with Crippen LogP contribution in [-0.2, 0) is 10.1 Å². The van der Waals surface area contributed by atoms with Crippen LogP contribution in [0.3, 0.4) is 0 Å². The zero-order chi connectivity index (χ0) is 10.1. The Morgan fingerprint density at radius 1 is 1.36 bits per heavy atom. The second-order valence-electron chi connectivity index (χ2n) is 2.73. The predicted octanol–water partition coefficient (Wildman–Crippen LogP) is -1.37. The summed E-state index contributed by atoms with van der Waals surface area (Å²) < 4.78 is 32.3. The fourth-order valence-corrected chi connectivity index (χ4v) is 1.79.